The van der Waals surface area contributed by atoms with Gasteiger partial charge in [-0.2, -0.15) is 0 Å². The van der Waals surface area contributed by atoms with E-state index < -0.39 is 0 Å². The normalized spacial score (nSPS) is 10.9. The molecule has 2 aliphatic rings. The number of aromatic nitrogens is 1. The van der Waals surface area contributed by atoms with Crippen molar-refractivity contribution in [3.63, 3.8) is 0 Å². The molecule has 0 aromatic heterocycles. The Morgan fingerprint density at radius 1 is 1.10 bits per heavy atom. The molecule has 6 nitrogen and oxygen atoms in total. The Morgan fingerprint density at radius 2 is 1.80 bits per heavy atom. The first kappa shape index (κ1) is 12.3. The van der Waals surface area contributed by atoms with Crippen LogP contribution in [0.15, 0.2) is 33.5 Å². The fourth-order valence-electron chi connectivity index (χ4n) is 2.04. The molecule has 0 aliphatic carbocycles. The minimum absolute atomic E-state index is 0.0486. The summed E-state index contributed by atoms with van der Waals surface area (Å²) in [7, 11) is 3.10. The molecule has 0 saturated heterocycles. The van der Waals surface area contributed by atoms with Crippen molar-refractivity contribution in [2.45, 2.75) is 0 Å². The highest BCUT2D eigenvalue weighted by atomic mass is 16.5. The van der Waals surface area contributed by atoms with Crippen LogP contribution >= 0.6 is 0 Å². The second kappa shape index (κ2) is 4.41. The zero-order valence-corrected chi connectivity index (χ0v) is 11.0. The molecule has 20 heavy (non-hydrogen) atoms. The lowest BCUT2D eigenvalue weighted by atomic mass is 10.1. The summed E-state index contributed by atoms with van der Waals surface area (Å²) in [4.78, 5) is 15.5. The zero-order valence-electron chi connectivity index (χ0n) is 11.0. The van der Waals surface area contributed by atoms with E-state index >= 15 is 0 Å². The van der Waals surface area contributed by atoms with Gasteiger partial charge in [-0.1, -0.05) is 0 Å². The number of hydrogen-bond donors (Lipinski definition) is 1. The van der Waals surface area contributed by atoms with Crippen molar-refractivity contribution in [3.05, 3.63) is 34.5 Å². The summed E-state index contributed by atoms with van der Waals surface area (Å²) in [5.74, 6) is 1.47. The third-order valence-corrected chi connectivity index (χ3v) is 3.04. The smallest absolute Gasteiger partial charge is 0.224 e. The van der Waals surface area contributed by atoms with Crippen LogP contribution in [0.25, 0.3) is 22.4 Å². The van der Waals surface area contributed by atoms with E-state index in [9.17, 15) is 4.79 Å². The molecule has 1 aromatic carbocycles. The van der Waals surface area contributed by atoms with Crippen LogP contribution in [0.4, 0.5) is 5.82 Å². The molecule has 2 aliphatic heterocycles. The van der Waals surface area contributed by atoms with Gasteiger partial charge in [0.2, 0.25) is 5.43 Å². The van der Waals surface area contributed by atoms with Crippen molar-refractivity contribution < 1.29 is 13.9 Å². The number of hydrogen-bond acceptors (Lipinski definition) is 6. The molecule has 3 rings (SSSR count). The van der Waals surface area contributed by atoms with E-state index in [0.717, 1.165) is 5.39 Å². The van der Waals surface area contributed by atoms with Crippen molar-refractivity contribution in [1.82, 2.24) is 4.98 Å². The molecular formula is C14H12N2O4. The predicted octanol–water partition coefficient (Wildman–Crippen LogP) is 1.89. The summed E-state index contributed by atoms with van der Waals surface area (Å²) in [5.41, 5.74) is 6.25. The Bertz CT molecular complexity index is 825. The SMILES string of the molecule is COc1cc2cc3nc(N)c(=O)cc-3oc2cc1OC. The summed E-state index contributed by atoms with van der Waals surface area (Å²) >= 11 is 0. The second-order valence-corrected chi connectivity index (χ2v) is 4.25. The summed E-state index contributed by atoms with van der Waals surface area (Å²) in [6.07, 6.45) is 0. The molecule has 0 atom stereocenters. The third-order valence-electron chi connectivity index (χ3n) is 3.04. The number of methoxy groups -OCH3 is 2. The fourth-order valence-corrected chi connectivity index (χ4v) is 2.04. The van der Waals surface area contributed by atoms with Gasteiger partial charge < -0.3 is 19.6 Å². The minimum Gasteiger partial charge on any atom is -0.493 e. The number of anilines is 1. The van der Waals surface area contributed by atoms with Crippen LogP contribution in [-0.4, -0.2) is 19.2 Å². The van der Waals surface area contributed by atoms with E-state index in [1.54, 1.807) is 32.4 Å². The van der Waals surface area contributed by atoms with Gasteiger partial charge in [-0.3, -0.25) is 4.79 Å². The number of rotatable bonds is 2. The number of benzene rings is 1. The lowest BCUT2D eigenvalue weighted by Gasteiger charge is -2.11. The number of nitrogens with zero attached hydrogens (tertiary/aromatic N) is 1. The molecule has 2 N–H and O–H groups in total. The summed E-state index contributed by atoms with van der Waals surface area (Å²) in [5, 5.41) is 0.778. The molecule has 0 unspecified atom stereocenters. The van der Waals surface area contributed by atoms with Gasteiger partial charge >= 0.3 is 0 Å². The van der Waals surface area contributed by atoms with Gasteiger partial charge in [0.1, 0.15) is 11.3 Å². The van der Waals surface area contributed by atoms with E-state index in [2.05, 4.69) is 4.98 Å². The maximum atomic E-state index is 11.5. The van der Waals surface area contributed by atoms with E-state index in [1.807, 2.05) is 0 Å². The fraction of sp³-hybridized carbons (Fsp3) is 0.143. The Hall–Kier alpha value is -2.76. The topological polar surface area (TPSA) is 87.6 Å². The Kier molecular flexibility index (Phi) is 2.71. The van der Waals surface area contributed by atoms with E-state index in [0.29, 0.717) is 28.5 Å². The van der Waals surface area contributed by atoms with Gasteiger partial charge in [0.25, 0.3) is 0 Å². The standard InChI is InChI=1S/C14H12N2O4/c1-18-12-4-7-3-8-11(5-9(17)14(15)16-8)20-10(7)6-13(12)19-2/h3-6H,1-2H3,(H2,15,16). The number of nitrogen functional groups attached to an aromatic ring is 1. The van der Waals surface area contributed by atoms with Crippen LogP contribution in [0, 0.1) is 0 Å². The monoisotopic (exact) mass is 272 g/mol. The van der Waals surface area contributed by atoms with Gasteiger partial charge in [-0.15, -0.1) is 0 Å². The molecule has 2 heterocycles. The first-order valence-electron chi connectivity index (χ1n) is 5.88. The van der Waals surface area contributed by atoms with Crippen molar-refractivity contribution in [2.75, 3.05) is 20.0 Å². The first-order valence-corrected chi connectivity index (χ1v) is 5.88. The van der Waals surface area contributed by atoms with Crippen LogP contribution in [0.3, 0.4) is 0 Å². The minimum atomic E-state index is -0.360. The number of nitrogens with two attached hydrogens (primary N) is 1. The number of pyridine rings is 1. The van der Waals surface area contributed by atoms with Crippen LogP contribution in [0.1, 0.15) is 0 Å². The number of ether oxygens (including phenoxy) is 2. The maximum absolute atomic E-state index is 11.5. The van der Waals surface area contributed by atoms with Gasteiger partial charge in [-0.25, -0.2) is 4.98 Å². The van der Waals surface area contributed by atoms with E-state index in [-0.39, 0.29) is 11.2 Å². The van der Waals surface area contributed by atoms with Crippen LogP contribution < -0.4 is 20.6 Å². The highest BCUT2D eigenvalue weighted by molar-refractivity contribution is 5.85. The Balaban J connectivity index is 2.37. The predicted molar refractivity (Wildman–Crippen MR) is 74.4 cm³/mol. The van der Waals surface area contributed by atoms with Gasteiger partial charge in [0.05, 0.1) is 14.2 Å². The third kappa shape index (κ3) is 1.82. The average Bonchev–Trinajstić information content (AvgIpc) is 2.45. The van der Waals surface area contributed by atoms with E-state index in [1.165, 1.54) is 6.07 Å². The summed E-state index contributed by atoms with van der Waals surface area (Å²) in [6, 6.07) is 6.59. The molecular weight excluding hydrogens is 260 g/mol. The van der Waals surface area contributed by atoms with Crippen molar-refractivity contribution in [2.24, 2.45) is 0 Å². The highest BCUT2D eigenvalue weighted by Gasteiger charge is 2.14. The molecule has 1 aromatic rings. The Morgan fingerprint density at radius 3 is 2.50 bits per heavy atom. The van der Waals surface area contributed by atoms with Gasteiger partial charge in [0, 0.05) is 17.5 Å². The first-order chi connectivity index (χ1) is 9.62. The molecule has 0 radical (unpaired) electrons. The van der Waals surface area contributed by atoms with E-state index in [4.69, 9.17) is 19.6 Å². The lowest BCUT2D eigenvalue weighted by molar-refractivity contribution is 0.355. The summed E-state index contributed by atoms with van der Waals surface area (Å²) in [6.45, 7) is 0. The quantitative estimate of drug-likeness (QED) is 0.717. The maximum Gasteiger partial charge on any atom is 0.224 e. The molecule has 0 fully saturated rings. The van der Waals surface area contributed by atoms with Gasteiger partial charge in [0.15, 0.2) is 23.1 Å². The average molecular weight is 272 g/mol. The number of fused-ring (bicyclic) bond motifs is 2. The van der Waals surface area contributed by atoms with Crippen molar-refractivity contribution >= 4 is 16.8 Å². The van der Waals surface area contributed by atoms with Gasteiger partial charge in [-0.05, 0) is 12.1 Å². The lowest BCUT2D eigenvalue weighted by Crippen LogP contribution is -2.10. The van der Waals surface area contributed by atoms with Crippen LogP contribution in [0.5, 0.6) is 11.5 Å². The van der Waals surface area contributed by atoms with Crippen LogP contribution in [0.2, 0.25) is 0 Å². The van der Waals surface area contributed by atoms with Crippen LogP contribution in [-0.2, 0) is 0 Å². The van der Waals surface area contributed by atoms with Crippen molar-refractivity contribution in [1.29, 1.82) is 0 Å². The second-order valence-electron chi connectivity index (χ2n) is 4.25. The molecule has 6 heteroatoms. The Labute approximate surface area is 114 Å². The summed E-state index contributed by atoms with van der Waals surface area (Å²) < 4.78 is 16.1. The largest absolute Gasteiger partial charge is 0.493 e. The molecule has 0 amide bonds. The molecule has 0 bridgehead atoms. The highest BCUT2D eigenvalue weighted by Crippen LogP contribution is 2.35. The molecule has 102 valence electrons. The molecule has 0 spiro atoms. The zero-order chi connectivity index (χ0) is 14.3. The molecule has 0 saturated carbocycles. The van der Waals surface area contributed by atoms with Crippen molar-refractivity contribution in [3.8, 4) is 23.0 Å².